The summed E-state index contributed by atoms with van der Waals surface area (Å²) < 4.78 is 79.3. The maximum Gasteiger partial charge on any atom is 0.402 e. The van der Waals surface area contributed by atoms with Gasteiger partial charge in [-0.15, -0.1) is 0 Å². The van der Waals surface area contributed by atoms with E-state index in [2.05, 4.69) is 9.97 Å². The summed E-state index contributed by atoms with van der Waals surface area (Å²) in [6, 6.07) is 7.05. The molecular formula is C22H17F4N3O3S. The molecule has 1 aliphatic carbocycles. The molecule has 1 aliphatic rings. The van der Waals surface area contributed by atoms with E-state index in [0.29, 0.717) is 16.7 Å². The van der Waals surface area contributed by atoms with E-state index in [0.717, 1.165) is 0 Å². The number of allylic oxidation sites excluding steroid dienone is 3. The van der Waals surface area contributed by atoms with Gasteiger partial charge in [0.1, 0.15) is 17.9 Å². The first-order chi connectivity index (χ1) is 15.5. The Kier molecular flexibility index (Phi) is 5.93. The SMILES string of the molecule is O=c1[nH]ccc2c3c(cnc12)CC=C(Cc1ccc(F)cc1)C=C3S(=O)(=O)NCC(F)(F)F. The van der Waals surface area contributed by atoms with Crippen LogP contribution in [0.25, 0.3) is 15.8 Å². The fourth-order valence-corrected chi connectivity index (χ4v) is 4.92. The molecule has 0 radical (unpaired) electrons. The number of benzene rings is 1. The Bertz CT molecular complexity index is 1440. The first kappa shape index (κ1) is 22.9. The van der Waals surface area contributed by atoms with Crippen LogP contribution in [-0.4, -0.2) is 31.1 Å². The molecule has 0 bridgehead atoms. The molecule has 0 amide bonds. The molecule has 0 fully saturated rings. The van der Waals surface area contributed by atoms with Crippen molar-refractivity contribution in [3.05, 3.63) is 93.3 Å². The number of aromatic nitrogens is 2. The molecule has 1 aromatic carbocycles. The van der Waals surface area contributed by atoms with Gasteiger partial charge < -0.3 is 4.98 Å². The Morgan fingerprint density at radius 3 is 2.55 bits per heavy atom. The van der Waals surface area contributed by atoms with Gasteiger partial charge in [0.25, 0.3) is 5.56 Å². The van der Waals surface area contributed by atoms with E-state index in [1.54, 1.807) is 10.8 Å². The van der Waals surface area contributed by atoms with E-state index in [4.69, 9.17) is 0 Å². The van der Waals surface area contributed by atoms with Gasteiger partial charge in [0.05, 0.1) is 4.91 Å². The topological polar surface area (TPSA) is 91.9 Å². The molecule has 0 aliphatic heterocycles. The summed E-state index contributed by atoms with van der Waals surface area (Å²) in [5, 5.41) is 0.205. The average molecular weight is 479 g/mol. The van der Waals surface area contributed by atoms with Crippen LogP contribution < -0.4 is 10.3 Å². The third kappa shape index (κ3) is 5.04. The van der Waals surface area contributed by atoms with Gasteiger partial charge in [-0.3, -0.25) is 9.78 Å². The summed E-state index contributed by atoms with van der Waals surface area (Å²) in [7, 11) is -4.64. The van der Waals surface area contributed by atoms with E-state index >= 15 is 0 Å². The summed E-state index contributed by atoms with van der Waals surface area (Å²) in [6.45, 7) is -1.75. The highest BCUT2D eigenvalue weighted by Gasteiger charge is 2.33. The fraction of sp³-hybridized carbons (Fsp3) is 0.182. The van der Waals surface area contributed by atoms with Crippen LogP contribution in [0.15, 0.2) is 65.2 Å². The standard InChI is InChI=1S/C22H17F4N3O3S/c23-16-5-2-13(3-6-16)9-14-1-4-15-11-28-20-17(7-8-27-21(20)30)19(15)18(10-14)33(31,32)29-12-22(24,25)26/h1-3,5-8,10-11,29H,4,9,12H2,(H,27,30). The van der Waals surface area contributed by atoms with Gasteiger partial charge in [-0.1, -0.05) is 18.2 Å². The normalized spacial score (nSPS) is 14.4. The van der Waals surface area contributed by atoms with Crippen LogP contribution in [0.3, 0.4) is 0 Å². The molecule has 0 unspecified atom stereocenters. The summed E-state index contributed by atoms with van der Waals surface area (Å²) in [5.74, 6) is -0.432. The van der Waals surface area contributed by atoms with Gasteiger partial charge in [-0.2, -0.15) is 13.2 Å². The van der Waals surface area contributed by atoms with Gasteiger partial charge in [-0.05, 0) is 53.8 Å². The molecule has 0 saturated heterocycles. The van der Waals surface area contributed by atoms with Gasteiger partial charge >= 0.3 is 6.18 Å². The summed E-state index contributed by atoms with van der Waals surface area (Å²) >= 11 is 0. The molecule has 0 saturated carbocycles. The van der Waals surface area contributed by atoms with Gasteiger partial charge in [0.2, 0.25) is 10.0 Å². The maximum atomic E-state index is 13.2. The predicted octanol–water partition coefficient (Wildman–Crippen LogP) is 3.61. The zero-order valence-corrected chi connectivity index (χ0v) is 17.7. The third-order valence-corrected chi connectivity index (χ3v) is 6.52. The van der Waals surface area contributed by atoms with Crippen LogP contribution in [0.4, 0.5) is 17.6 Å². The average Bonchev–Trinajstić information content (AvgIpc) is 2.94. The highest BCUT2D eigenvalue weighted by atomic mass is 32.2. The molecule has 4 rings (SSSR count). The van der Waals surface area contributed by atoms with Gasteiger partial charge in [-0.25, -0.2) is 17.5 Å². The quantitative estimate of drug-likeness (QED) is 0.547. The lowest BCUT2D eigenvalue weighted by Gasteiger charge is -2.16. The molecule has 0 spiro atoms. The lowest BCUT2D eigenvalue weighted by molar-refractivity contribution is -0.121. The minimum Gasteiger partial charge on any atom is -0.327 e. The number of pyridine rings is 2. The van der Waals surface area contributed by atoms with Crippen molar-refractivity contribution in [1.29, 1.82) is 0 Å². The zero-order chi connectivity index (χ0) is 23.8. The third-order valence-electron chi connectivity index (χ3n) is 5.10. The van der Waals surface area contributed by atoms with Crippen molar-refractivity contribution < 1.29 is 26.0 Å². The summed E-state index contributed by atoms with van der Waals surface area (Å²) in [5.41, 5.74) is 1.15. The number of alkyl halides is 3. The molecule has 172 valence electrons. The second kappa shape index (κ2) is 8.56. The number of fused-ring (bicyclic) bond motifs is 3. The van der Waals surface area contributed by atoms with Crippen molar-refractivity contribution in [3.63, 3.8) is 0 Å². The maximum absolute atomic E-state index is 13.2. The second-order valence-corrected chi connectivity index (χ2v) is 9.20. The Hall–Kier alpha value is -3.31. The fourth-order valence-electron chi connectivity index (χ4n) is 3.59. The molecule has 33 heavy (non-hydrogen) atoms. The smallest absolute Gasteiger partial charge is 0.327 e. The molecule has 3 aromatic rings. The first-order valence-corrected chi connectivity index (χ1v) is 11.2. The number of nitrogens with one attached hydrogen (secondary N) is 2. The Balaban J connectivity index is 1.88. The first-order valence-electron chi connectivity index (χ1n) is 9.75. The van der Waals surface area contributed by atoms with Crippen LogP contribution in [0.5, 0.6) is 0 Å². The second-order valence-electron chi connectivity index (χ2n) is 7.46. The number of rotatable bonds is 5. The number of nitrogens with zero attached hydrogens (tertiary/aromatic N) is 1. The van der Waals surface area contributed by atoms with E-state index < -0.39 is 39.0 Å². The highest BCUT2D eigenvalue weighted by molar-refractivity contribution is 7.98. The van der Waals surface area contributed by atoms with Crippen molar-refractivity contribution >= 4 is 25.8 Å². The molecule has 2 aromatic heterocycles. The molecule has 11 heteroatoms. The minimum atomic E-state index is -4.76. The summed E-state index contributed by atoms with van der Waals surface area (Å²) in [4.78, 5) is 18.4. The van der Waals surface area contributed by atoms with E-state index in [9.17, 15) is 30.8 Å². The number of halogens is 4. The summed E-state index contributed by atoms with van der Waals surface area (Å²) in [6.07, 6.45) is 1.37. The van der Waals surface area contributed by atoms with E-state index in [-0.39, 0.29) is 29.3 Å². The highest BCUT2D eigenvalue weighted by Crippen LogP contribution is 2.34. The van der Waals surface area contributed by atoms with Crippen molar-refractivity contribution in [1.82, 2.24) is 14.7 Å². The lowest BCUT2D eigenvalue weighted by atomic mass is 10.0. The zero-order valence-electron chi connectivity index (χ0n) is 16.9. The number of sulfonamides is 1. The van der Waals surface area contributed by atoms with Crippen LogP contribution in [0, 0.1) is 5.82 Å². The van der Waals surface area contributed by atoms with E-state index in [1.807, 2.05) is 0 Å². The predicted molar refractivity (Wildman–Crippen MR) is 115 cm³/mol. The van der Waals surface area contributed by atoms with Crippen LogP contribution in [0.1, 0.15) is 16.7 Å². The van der Waals surface area contributed by atoms with E-state index in [1.165, 1.54) is 48.8 Å². The minimum absolute atomic E-state index is 0.0323. The van der Waals surface area contributed by atoms with Crippen LogP contribution in [-0.2, 0) is 22.9 Å². The number of aromatic amines is 1. The van der Waals surface area contributed by atoms with Gasteiger partial charge in [0, 0.05) is 23.3 Å². The Morgan fingerprint density at radius 2 is 1.85 bits per heavy atom. The molecular weight excluding hydrogens is 462 g/mol. The Labute approximate surface area is 185 Å². The molecule has 6 nitrogen and oxygen atoms in total. The van der Waals surface area contributed by atoms with Crippen molar-refractivity contribution in [2.75, 3.05) is 6.54 Å². The number of hydrogen-bond acceptors (Lipinski definition) is 4. The number of H-pyrrole nitrogens is 1. The van der Waals surface area contributed by atoms with Crippen LogP contribution in [0.2, 0.25) is 0 Å². The Morgan fingerprint density at radius 1 is 1.12 bits per heavy atom. The molecule has 0 atom stereocenters. The van der Waals surface area contributed by atoms with Crippen molar-refractivity contribution in [2.45, 2.75) is 19.0 Å². The number of hydrogen-bond donors (Lipinski definition) is 2. The van der Waals surface area contributed by atoms with Crippen molar-refractivity contribution in [2.24, 2.45) is 0 Å². The molecule has 2 N–H and O–H groups in total. The van der Waals surface area contributed by atoms with Crippen molar-refractivity contribution in [3.8, 4) is 0 Å². The largest absolute Gasteiger partial charge is 0.402 e. The molecule has 2 heterocycles. The van der Waals surface area contributed by atoms with Gasteiger partial charge in [0.15, 0.2) is 0 Å². The lowest BCUT2D eigenvalue weighted by Crippen LogP contribution is -2.34. The van der Waals surface area contributed by atoms with Crippen LogP contribution >= 0.6 is 0 Å². The monoisotopic (exact) mass is 479 g/mol.